The van der Waals surface area contributed by atoms with Gasteiger partial charge in [0.05, 0.1) is 10.1 Å². The van der Waals surface area contributed by atoms with Crippen molar-refractivity contribution in [3.8, 4) is 0 Å². The van der Waals surface area contributed by atoms with Crippen LogP contribution in [-0.4, -0.2) is 3.96 Å². The third kappa shape index (κ3) is 2.38. The van der Waals surface area contributed by atoms with Crippen molar-refractivity contribution < 1.29 is 0 Å². The minimum atomic E-state index is 0.141. The molecule has 2 nitrogen and oxygen atoms in total. The first-order valence-corrected chi connectivity index (χ1v) is 6.94. The number of rotatable bonds is 3. The van der Waals surface area contributed by atoms with Crippen LogP contribution in [0, 0.1) is 5.92 Å². The van der Waals surface area contributed by atoms with Crippen molar-refractivity contribution in [2.75, 3.05) is 0 Å². The molecule has 16 heavy (non-hydrogen) atoms. The van der Waals surface area contributed by atoms with Crippen LogP contribution in [0.3, 0.4) is 0 Å². The average molecular weight is 300 g/mol. The number of benzene rings is 1. The van der Waals surface area contributed by atoms with Crippen LogP contribution in [0.1, 0.15) is 20.3 Å². The molecule has 0 aliphatic carbocycles. The SMILES string of the molecule is CC(C)CCn1sc2ccc(Br)cc2c1=O. The molecular weight excluding hydrogens is 286 g/mol. The Morgan fingerprint density at radius 3 is 2.88 bits per heavy atom. The van der Waals surface area contributed by atoms with E-state index < -0.39 is 0 Å². The first-order chi connectivity index (χ1) is 7.58. The van der Waals surface area contributed by atoms with E-state index in [0.29, 0.717) is 5.92 Å². The Morgan fingerprint density at radius 2 is 2.19 bits per heavy atom. The fraction of sp³-hybridized carbons (Fsp3) is 0.417. The van der Waals surface area contributed by atoms with Crippen LogP contribution in [0.15, 0.2) is 27.5 Å². The third-order valence-corrected chi connectivity index (χ3v) is 4.13. The van der Waals surface area contributed by atoms with Crippen molar-refractivity contribution in [3.05, 3.63) is 33.0 Å². The minimum absolute atomic E-state index is 0.141. The number of hydrogen-bond acceptors (Lipinski definition) is 2. The van der Waals surface area contributed by atoms with Gasteiger partial charge in [0.15, 0.2) is 0 Å². The van der Waals surface area contributed by atoms with Gasteiger partial charge in [-0.05, 0) is 30.5 Å². The van der Waals surface area contributed by atoms with Crippen molar-refractivity contribution in [3.63, 3.8) is 0 Å². The van der Waals surface area contributed by atoms with Crippen LogP contribution in [0.25, 0.3) is 10.1 Å². The molecule has 1 aromatic carbocycles. The molecule has 0 amide bonds. The molecule has 0 saturated carbocycles. The van der Waals surface area contributed by atoms with Crippen molar-refractivity contribution >= 4 is 37.5 Å². The summed E-state index contributed by atoms with van der Waals surface area (Å²) in [6.07, 6.45) is 1.05. The topological polar surface area (TPSA) is 22.0 Å². The van der Waals surface area contributed by atoms with Gasteiger partial charge in [-0.1, -0.05) is 41.3 Å². The molecule has 1 heterocycles. The van der Waals surface area contributed by atoms with Gasteiger partial charge >= 0.3 is 0 Å². The van der Waals surface area contributed by atoms with Gasteiger partial charge in [-0.3, -0.25) is 8.75 Å². The molecule has 0 radical (unpaired) electrons. The van der Waals surface area contributed by atoms with Gasteiger partial charge < -0.3 is 0 Å². The van der Waals surface area contributed by atoms with Crippen molar-refractivity contribution in [1.29, 1.82) is 0 Å². The highest BCUT2D eigenvalue weighted by Gasteiger charge is 2.08. The van der Waals surface area contributed by atoms with Crippen molar-refractivity contribution in [2.24, 2.45) is 5.92 Å². The van der Waals surface area contributed by atoms with Crippen LogP contribution in [0.2, 0.25) is 0 Å². The van der Waals surface area contributed by atoms with Crippen molar-refractivity contribution in [1.82, 2.24) is 3.96 Å². The molecule has 0 unspecified atom stereocenters. The van der Waals surface area contributed by atoms with Crippen LogP contribution in [-0.2, 0) is 6.54 Å². The fourth-order valence-corrected chi connectivity index (χ4v) is 2.92. The molecule has 2 rings (SSSR count). The van der Waals surface area contributed by atoms with E-state index in [1.165, 1.54) is 0 Å². The fourth-order valence-electron chi connectivity index (χ4n) is 1.57. The maximum Gasteiger partial charge on any atom is 0.268 e. The molecule has 0 bridgehead atoms. The van der Waals surface area contributed by atoms with Crippen LogP contribution < -0.4 is 5.56 Å². The van der Waals surface area contributed by atoms with E-state index in [2.05, 4.69) is 29.8 Å². The molecule has 0 aliphatic heterocycles. The van der Waals surface area contributed by atoms with Crippen LogP contribution in [0.5, 0.6) is 0 Å². The Bertz CT molecular complexity index is 556. The first kappa shape index (κ1) is 11.9. The summed E-state index contributed by atoms with van der Waals surface area (Å²) in [6.45, 7) is 5.18. The Labute approximate surface area is 107 Å². The smallest absolute Gasteiger partial charge is 0.268 e. The van der Waals surface area contributed by atoms with Gasteiger partial charge in [-0.15, -0.1) is 0 Å². The minimum Gasteiger partial charge on any atom is -0.268 e. The van der Waals surface area contributed by atoms with Gasteiger partial charge in [0.1, 0.15) is 0 Å². The lowest BCUT2D eigenvalue weighted by molar-refractivity contribution is 0.529. The molecule has 86 valence electrons. The van der Waals surface area contributed by atoms with E-state index in [1.807, 2.05) is 22.2 Å². The predicted molar refractivity (Wildman–Crippen MR) is 73.2 cm³/mol. The Morgan fingerprint density at radius 1 is 1.44 bits per heavy atom. The summed E-state index contributed by atoms with van der Waals surface area (Å²) >= 11 is 4.95. The molecule has 0 spiro atoms. The monoisotopic (exact) mass is 299 g/mol. The lowest BCUT2D eigenvalue weighted by atomic mass is 10.1. The van der Waals surface area contributed by atoms with E-state index in [1.54, 1.807) is 11.5 Å². The first-order valence-electron chi connectivity index (χ1n) is 5.37. The summed E-state index contributed by atoms with van der Waals surface area (Å²) in [5, 5.41) is 0.822. The van der Waals surface area contributed by atoms with Crippen LogP contribution >= 0.6 is 27.5 Å². The third-order valence-electron chi connectivity index (χ3n) is 2.52. The Kier molecular flexibility index (Phi) is 3.50. The lowest BCUT2D eigenvalue weighted by Crippen LogP contribution is -2.13. The molecule has 0 fully saturated rings. The van der Waals surface area contributed by atoms with E-state index in [-0.39, 0.29) is 5.56 Å². The van der Waals surface area contributed by atoms with Gasteiger partial charge in [0.25, 0.3) is 5.56 Å². The zero-order chi connectivity index (χ0) is 11.7. The molecule has 4 heteroatoms. The number of aryl methyl sites for hydroxylation is 1. The maximum absolute atomic E-state index is 12.0. The molecule has 2 aromatic rings. The molecule has 1 aromatic heterocycles. The lowest BCUT2D eigenvalue weighted by Gasteiger charge is -2.02. The molecule has 0 N–H and O–H groups in total. The largest absolute Gasteiger partial charge is 0.268 e. The molecule has 0 aliphatic rings. The standard InChI is InChI=1S/C12H14BrNOS/c1-8(2)5-6-14-12(15)10-7-9(13)3-4-11(10)16-14/h3-4,7-8H,5-6H2,1-2H3. The summed E-state index contributed by atoms with van der Waals surface area (Å²) in [7, 11) is 0. The summed E-state index contributed by atoms with van der Waals surface area (Å²) in [4.78, 5) is 12.0. The number of fused-ring (bicyclic) bond motifs is 1. The number of halogens is 1. The Hall–Kier alpha value is -0.610. The number of nitrogens with zero attached hydrogens (tertiary/aromatic N) is 1. The highest BCUT2D eigenvalue weighted by atomic mass is 79.9. The summed E-state index contributed by atoms with van der Waals surface area (Å²) in [5.74, 6) is 0.629. The van der Waals surface area contributed by atoms with Crippen LogP contribution in [0.4, 0.5) is 0 Å². The van der Waals surface area contributed by atoms with Gasteiger partial charge in [0.2, 0.25) is 0 Å². The number of hydrogen-bond donors (Lipinski definition) is 0. The Balaban J connectivity index is 2.40. The van der Waals surface area contributed by atoms with E-state index in [4.69, 9.17) is 0 Å². The normalized spacial score (nSPS) is 11.5. The van der Waals surface area contributed by atoms with Gasteiger partial charge in [0, 0.05) is 11.0 Å². The highest BCUT2D eigenvalue weighted by Crippen LogP contribution is 2.21. The zero-order valence-electron chi connectivity index (χ0n) is 9.37. The zero-order valence-corrected chi connectivity index (χ0v) is 11.8. The predicted octanol–water partition coefficient (Wildman–Crippen LogP) is 3.87. The van der Waals surface area contributed by atoms with E-state index in [9.17, 15) is 4.79 Å². The molecular formula is C12H14BrNOS. The maximum atomic E-state index is 12.0. The quantitative estimate of drug-likeness (QED) is 0.843. The summed E-state index contributed by atoms with van der Waals surface area (Å²) in [6, 6.07) is 5.88. The van der Waals surface area contributed by atoms with Crippen molar-refractivity contribution in [2.45, 2.75) is 26.8 Å². The van der Waals surface area contributed by atoms with E-state index >= 15 is 0 Å². The van der Waals surface area contributed by atoms with E-state index in [0.717, 1.165) is 27.5 Å². The summed E-state index contributed by atoms with van der Waals surface area (Å²) in [5.41, 5.74) is 0.141. The highest BCUT2D eigenvalue weighted by molar-refractivity contribution is 9.10. The average Bonchev–Trinajstić information content (AvgIpc) is 2.53. The molecule has 0 saturated heterocycles. The van der Waals surface area contributed by atoms with Gasteiger partial charge in [-0.25, -0.2) is 0 Å². The second-order valence-electron chi connectivity index (χ2n) is 4.32. The second kappa shape index (κ2) is 4.72. The second-order valence-corrected chi connectivity index (χ2v) is 6.30. The molecule has 0 atom stereocenters. The number of aromatic nitrogens is 1. The summed E-state index contributed by atoms with van der Waals surface area (Å²) < 4.78 is 3.89. The van der Waals surface area contributed by atoms with Gasteiger partial charge in [-0.2, -0.15) is 0 Å².